The molecular weight excluding hydrogens is 568 g/mol. The van der Waals surface area contributed by atoms with Crippen LogP contribution in [0.3, 0.4) is 0 Å². The maximum Gasteiger partial charge on any atom is 0.260 e. The van der Waals surface area contributed by atoms with Gasteiger partial charge in [-0.2, -0.15) is 4.31 Å². The number of rotatable bonds is 15. The lowest BCUT2D eigenvalue weighted by atomic mass is 10.2. The number of benzene rings is 2. The zero-order chi connectivity index (χ0) is 29.2. The van der Waals surface area contributed by atoms with Gasteiger partial charge >= 0.3 is 0 Å². The first-order valence-electron chi connectivity index (χ1n) is 13.5. The van der Waals surface area contributed by atoms with Crippen molar-refractivity contribution in [3.05, 3.63) is 48.0 Å². The Morgan fingerprint density at radius 3 is 2.32 bits per heavy atom. The topological polar surface area (TPSA) is 111 Å². The van der Waals surface area contributed by atoms with Crippen LogP contribution >= 0.6 is 11.3 Å². The number of hydrogen-bond acceptors (Lipinski definition) is 10. The number of aromatic nitrogens is 1. The number of fused-ring (bicyclic) bond motifs is 1. The third-order valence-electron chi connectivity index (χ3n) is 6.85. The summed E-state index contributed by atoms with van der Waals surface area (Å²) in [5.74, 6) is 0.484. The number of hydrogen-bond donors (Lipinski definition) is 0. The van der Waals surface area contributed by atoms with Crippen LogP contribution in [0.5, 0.6) is 5.75 Å². The average Bonchev–Trinajstić information content (AvgIpc) is 3.42. The highest BCUT2D eigenvalue weighted by atomic mass is 32.2. The molecule has 0 saturated carbocycles. The van der Waals surface area contributed by atoms with Crippen molar-refractivity contribution in [1.82, 2.24) is 14.2 Å². The van der Waals surface area contributed by atoms with Gasteiger partial charge in [0.05, 0.1) is 48.6 Å². The van der Waals surface area contributed by atoms with E-state index in [-0.39, 0.29) is 37.1 Å². The predicted molar refractivity (Wildman–Crippen MR) is 159 cm³/mol. The van der Waals surface area contributed by atoms with E-state index in [0.29, 0.717) is 30.5 Å². The van der Waals surface area contributed by atoms with E-state index in [2.05, 4.69) is 4.90 Å². The van der Waals surface area contributed by atoms with Gasteiger partial charge in [0.2, 0.25) is 10.0 Å². The number of carbonyl (C=O) groups is 1. The van der Waals surface area contributed by atoms with Crippen LogP contribution in [0.4, 0.5) is 5.13 Å². The SMILES string of the molecule is COCCN(CCOC)S(=O)(=O)c1ccc(C(=O)N(CCCN2CCOCC2)c2nc3ccc(OC)cc3s2)cc1. The van der Waals surface area contributed by atoms with Crippen molar-refractivity contribution in [2.24, 2.45) is 0 Å². The highest BCUT2D eigenvalue weighted by Gasteiger charge is 2.26. The fourth-order valence-electron chi connectivity index (χ4n) is 4.51. The molecule has 11 nitrogen and oxygen atoms in total. The molecule has 4 rings (SSSR count). The molecule has 1 aliphatic rings. The van der Waals surface area contributed by atoms with E-state index in [9.17, 15) is 13.2 Å². The van der Waals surface area contributed by atoms with Gasteiger partial charge in [-0.25, -0.2) is 13.4 Å². The van der Waals surface area contributed by atoms with Crippen molar-refractivity contribution in [3.8, 4) is 5.75 Å². The molecule has 1 aliphatic heterocycles. The molecular formula is C28H38N4O7S2. The minimum absolute atomic E-state index is 0.104. The van der Waals surface area contributed by atoms with Gasteiger partial charge in [0.1, 0.15) is 5.75 Å². The van der Waals surface area contributed by atoms with Crippen LogP contribution in [0.1, 0.15) is 16.8 Å². The first kappa shape index (κ1) is 31.3. The predicted octanol–water partition coefficient (Wildman–Crippen LogP) is 2.96. The minimum atomic E-state index is -3.80. The molecule has 1 amide bonds. The molecule has 41 heavy (non-hydrogen) atoms. The molecule has 0 bridgehead atoms. The molecule has 0 atom stereocenters. The standard InChI is InChI=1S/C28H38N4O7S2/c1-36-17-15-31(16-18-37-2)41(34,35)24-8-5-22(6-9-24)27(33)32(12-4-11-30-13-19-39-20-14-30)28-29-25-10-7-23(38-3)21-26(25)40-28/h5-10,21H,4,11-20H2,1-3H3. The maximum absolute atomic E-state index is 13.8. The van der Waals surface area contributed by atoms with Crippen LogP contribution in [-0.2, 0) is 24.2 Å². The number of amides is 1. The molecule has 2 heterocycles. The smallest absolute Gasteiger partial charge is 0.260 e. The van der Waals surface area contributed by atoms with E-state index in [1.165, 1.54) is 42.0 Å². The van der Waals surface area contributed by atoms with Crippen molar-refractivity contribution in [2.75, 3.05) is 91.9 Å². The summed E-state index contributed by atoms with van der Waals surface area (Å²) in [6, 6.07) is 11.7. The van der Waals surface area contributed by atoms with Crippen LogP contribution in [0.25, 0.3) is 10.2 Å². The Labute approximate surface area is 245 Å². The molecule has 1 aromatic heterocycles. The summed E-state index contributed by atoms with van der Waals surface area (Å²) in [4.78, 5) is 22.7. The van der Waals surface area contributed by atoms with Gasteiger partial charge in [-0.05, 0) is 48.9 Å². The third kappa shape index (κ3) is 8.01. The van der Waals surface area contributed by atoms with E-state index in [4.69, 9.17) is 23.9 Å². The summed E-state index contributed by atoms with van der Waals surface area (Å²) >= 11 is 1.42. The largest absolute Gasteiger partial charge is 0.497 e. The Morgan fingerprint density at radius 2 is 1.68 bits per heavy atom. The van der Waals surface area contributed by atoms with Crippen LogP contribution in [0.15, 0.2) is 47.4 Å². The molecule has 0 aliphatic carbocycles. The number of nitrogens with zero attached hydrogens (tertiary/aromatic N) is 4. The maximum atomic E-state index is 13.8. The highest BCUT2D eigenvalue weighted by Crippen LogP contribution is 2.32. The van der Waals surface area contributed by atoms with E-state index in [0.717, 1.165) is 42.0 Å². The Bertz CT molecular complexity index is 1370. The summed E-state index contributed by atoms with van der Waals surface area (Å²) in [7, 11) is 0.861. The lowest BCUT2D eigenvalue weighted by Gasteiger charge is -2.27. The van der Waals surface area contributed by atoms with Gasteiger partial charge in [0.25, 0.3) is 5.91 Å². The van der Waals surface area contributed by atoms with Gasteiger partial charge in [-0.1, -0.05) is 11.3 Å². The van der Waals surface area contributed by atoms with Crippen molar-refractivity contribution < 1.29 is 32.2 Å². The van der Waals surface area contributed by atoms with Crippen molar-refractivity contribution >= 4 is 42.6 Å². The zero-order valence-corrected chi connectivity index (χ0v) is 25.4. The summed E-state index contributed by atoms with van der Waals surface area (Å²) < 4.78 is 49.8. The lowest BCUT2D eigenvalue weighted by Crippen LogP contribution is -2.39. The van der Waals surface area contributed by atoms with Crippen LogP contribution in [-0.4, -0.2) is 116 Å². The monoisotopic (exact) mass is 606 g/mol. The first-order chi connectivity index (χ1) is 19.9. The van der Waals surface area contributed by atoms with Gasteiger partial charge in [-0.3, -0.25) is 14.6 Å². The number of ether oxygens (including phenoxy) is 4. The van der Waals surface area contributed by atoms with Crippen LogP contribution < -0.4 is 9.64 Å². The number of sulfonamides is 1. The average molecular weight is 607 g/mol. The zero-order valence-electron chi connectivity index (χ0n) is 23.8. The van der Waals surface area contributed by atoms with Crippen LogP contribution in [0.2, 0.25) is 0 Å². The summed E-state index contributed by atoms with van der Waals surface area (Å²) in [6.45, 7) is 5.38. The molecule has 0 unspecified atom stereocenters. The van der Waals surface area contributed by atoms with Gasteiger partial charge in [0.15, 0.2) is 5.13 Å². The van der Waals surface area contributed by atoms with Crippen LogP contribution in [0, 0.1) is 0 Å². The fraction of sp³-hybridized carbons (Fsp3) is 0.500. The van der Waals surface area contributed by atoms with Crippen molar-refractivity contribution in [2.45, 2.75) is 11.3 Å². The molecule has 1 saturated heterocycles. The molecule has 3 aromatic rings. The molecule has 224 valence electrons. The molecule has 0 radical (unpaired) electrons. The van der Waals surface area contributed by atoms with E-state index >= 15 is 0 Å². The minimum Gasteiger partial charge on any atom is -0.497 e. The van der Waals surface area contributed by atoms with E-state index < -0.39 is 10.0 Å². The Balaban J connectivity index is 1.57. The molecule has 2 aromatic carbocycles. The van der Waals surface area contributed by atoms with Crippen molar-refractivity contribution in [1.29, 1.82) is 0 Å². The molecule has 0 N–H and O–H groups in total. The lowest BCUT2D eigenvalue weighted by molar-refractivity contribution is 0.0376. The normalized spacial score (nSPS) is 14.5. The second-order valence-electron chi connectivity index (χ2n) is 9.51. The van der Waals surface area contributed by atoms with Gasteiger partial charge in [-0.15, -0.1) is 0 Å². The van der Waals surface area contributed by atoms with E-state index in [1.54, 1.807) is 24.1 Å². The fourth-order valence-corrected chi connectivity index (χ4v) is 6.94. The Kier molecular flexibility index (Phi) is 11.5. The Hall–Kier alpha value is -2.65. The molecule has 13 heteroatoms. The molecule has 1 fully saturated rings. The first-order valence-corrected chi connectivity index (χ1v) is 15.8. The summed E-state index contributed by atoms with van der Waals surface area (Å²) in [5.41, 5.74) is 1.16. The Morgan fingerprint density at radius 1 is 1.00 bits per heavy atom. The molecule has 0 spiro atoms. The summed E-state index contributed by atoms with van der Waals surface area (Å²) in [6.07, 6.45) is 0.755. The number of methoxy groups -OCH3 is 3. The van der Waals surface area contributed by atoms with Gasteiger partial charge in [0, 0.05) is 59.1 Å². The second-order valence-corrected chi connectivity index (χ2v) is 12.5. The number of carbonyl (C=O) groups excluding carboxylic acids is 1. The van der Waals surface area contributed by atoms with Crippen molar-refractivity contribution in [3.63, 3.8) is 0 Å². The highest BCUT2D eigenvalue weighted by molar-refractivity contribution is 7.89. The van der Waals surface area contributed by atoms with E-state index in [1.807, 2.05) is 18.2 Å². The second kappa shape index (κ2) is 15.0. The number of morpholine rings is 1. The van der Waals surface area contributed by atoms with Gasteiger partial charge < -0.3 is 18.9 Å². The quantitative estimate of drug-likeness (QED) is 0.258. The summed E-state index contributed by atoms with van der Waals surface area (Å²) in [5, 5.41) is 0.585. The number of anilines is 1. The number of thiazole rings is 1. The third-order valence-corrected chi connectivity index (χ3v) is 9.80.